The minimum absolute atomic E-state index is 0.00468. The molecule has 6 N–H and O–H groups in total. The third kappa shape index (κ3) is 31.0. The van der Waals surface area contributed by atoms with Gasteiger partial charge in [-0.3, -0.25) is 18.6 Å². The van der Waals surface area contributed by atoms with Crippen molar-refractivity contribution in [2.45, 2.75) is 211 Å². The van der Waals surface area contributed by atoms with Crippen molar-refractivity contribution in [3.05, 3.63) is 72.9 Å². The van der Waals surface area contributed by atoms with Gasteiger partial charge in [-0.05, 0) is 64.2 Å². The highest BCUT2D eigenvalue weighted by Gasteiger charge is 2.51. The number of aliphatic hydroxyl groups is 5. The van der Waals surface area contributed by atoms with Crippen molar-refractivity contribution in [1.29, 1.82) is 0 Å². The van der Waals surface area contributed by atoms with Crippen LogP contribution in [0.2, 0.25) is 0 Å². The summed E-state index contributed by atoms with van der Waals surface area (Å²) in [5.41, 5.74) is 0. The summed E-state index contributed by atoms with van der Waals surface area (Å²) in [4.78, 5) is 35.6. The maximum atomic E-state index is 12.8. The Labute approximate surface area is 378 Å². The first-order chi connectivity index (χ1) is 30.4. The molecule has 14 heteroatoms. The Morgan fingerprint density at radius 3 is 1.37 bits per heavy atom. The van der Waals surface area contributed by atoms with Crippen LogP contribution >= 0.6 is 7.82 Å². The van der Waals surface area contributed by atoms with Crippen molar-refractivity contribution in [2.24, 2.45) is 0 Å². The summed E-state index contributed by atoms with van der Waals surface area (Å²) < 4.78 is 33.4. The Balaban J connectivity index is 2.52. The molecule has 1 aliphatic carbocycles. The molecular weight excluding hydrogens is 827 g/mol. The molecule has 0 spiro atoms. The molecule has 1 saturated carbocycles. The number of esters is 2. The highest BCUT2D eigenvalue weighted by molar-refractivity contribution is 7.47. The van der Waals surface area contributed by atoms with E-state index in [2.05, 4.69) is 56.4 Å². The molecule has 1 fully saturated rings. The average Bonchev–Trinajstić information content (AvgIpc) is 3.26. The van der Waals surface area contributed by atoms with Crippen molar-refractivity contribution in [3.8, 4) is 0 Å². The van der Waals surface area contributed by atoms with Crippen LogP contribution in [0.1, 0.15) is 168 Å². The summed E-state index contributed by atoms with van der Waals surface area (Å²) in [6.45, 7) is 3.17. The zero-order valence-electron chi connectivity index (χ0n) is 38.3. The van der Waals surface area contributed by atoms with Crippen LogP contribution in [-0.4, -0.2) is 98.3 Å². The average molecular weight is 911 g/mol. The first kappa shape index (κ1) is 58.3. The van der Waals surface area contributed by atoms with Crippen LogP contribution < -0.4 is 0 Å². The van der Waals surface area contributed by atoms with E-state index in [1.165, 1.54) is 77.0 Å². The normalized spacial score (nSPS) is 22.3. The van der Waals surface area contributed by atoms with Crippen molar-refractivity contribution in [3.63, 3.8) is 0 Å². The number of carbonyl (C=O) groups is 2. The van der Waals surface area contributed by atoms with Crippen LogP contribution in [0.4, 0.5) is 0 Å². The molecule has 0 aromatic heterocycles. The van der Waals surface area contributed by atoms with Gasteiger partial charge in [0.05, 0.1) is 6.61 Å². The maximum absolute atomic E-state index is 12.8. The number of ether oxygens (including phenoxy) is 2. The van der Waals surface area contributed by atoms with Crippen molar-refractivity contribution in [1.82, 2.24) is 0 Å². The number of hydrogen-bond donors (Lipinski definition) is 6. The number of hydrogen-bond acceptors (Lipinski definition) is 12. The minimum Gasteiger partial charge on any atom is -0.462 e. The van der Waals surface area contributed by atoms with Gasteiger partial charge in [0.1, 0.15) is 43.2 Å². The molecule has 1 rings (SSSR count). The second kappa shape index (κ2) is 38.5. The molecule has 362 valence electrons. The summed E-state index contributed by atoms with van der Waals surface area (Å²) >= 11 is 0. The number of rotatable bonds is 38. The standard InChI is InChI=1S/C49H83O13P/c1-3-5-7-9-11-13-15-17-19-20-21-22-24-25-27-29-31-33-35-37-42(50)59-39-41(40-60-63(57,58)62-49-47(55)45(53)44(52)46(54)48(49)56)61-43(51)38-36-34-32-30-28-26-23-18-16-14-12-10-8-6-4-2/h11,13,17,19,21-22,25,27,31-34,41,44-49,52-56H,3-10,12,14-16,18,20,23-24,26,28-30,35-40H2,1-2H3,(H,57,58)/b13-11+,19-17+,22-21+,27-25+,33-31+,34-32+/t41-,44?,45-,46?,47?,48?,49?/m0/s1. The first-order valence-electron chi connectivity index (χ1n) is 23.7. The lowest BCUT2D eigenvalue weighted by Crippen LogP contribution is -2.64. The molecule has 0 radical (unpaired) electrons. The Morgan fingerprint density at radius 1 is 0.492 bits per heavy atom. The maximum Gasteiger partial charge on any atom is 0.472 e. The molecule has 0 aromatic rings. The van der Waals surface area contributed by atoms with Crippen LogP contribution in [0.5, 0.6) is 0 Å². The summed E-state index contributed by atoms with van der Waals surface area (Å²) in [7, 11) is -5.15. The number of phosphoric acid groups is 1. The van der Waals surface area contributed by atoms with E-state index in [0.717, 1.165) is 44.9 Å². The zero-order valence-corrected chi connectivity index (χ0v) is 39.2. The van der Waals surface area contributed by atoms with E-state index >= 15 is 0 Å². The van der Waals surface area contributed by atoms with E-state index in [-0.39, 0.29) is 12.8 Å². The summed E-state index contributed by atoms with van der Waals surface area (Å²) in [5.74, 6) is -1.26. The molecule has 8 atom stereocenters. The van der Waals surface area contributed by atoms with Crippen LogP contribution in [-0.2, 0) is 32.7 Å². The molecule has 13 nitrogen and oxygen atoms in total. The van der Waals surface area contributed by atoms with Gasteiger partial charge < -0.3 is 39.9 Å². The highest BCUT2D eigenvalue weighted by atomic mass is 31.2. The Kier molecular flexibility index (Phi) is 35.7. The van der Waals surface area contributed by atoms with Gasteiger partial charge in [-0.1, -0.05) is 164 Å². The lowest BCUT2D eigenvalue weighted by Gasteiger charge is -2.41. The van der Waals surface area contributed by atoms with Crippen molar-refractivity contribution in [2.75, 3.05) is 13.2 Å². The van der Waals surface area contributed by atoms with E-state index in [1.807, 2.05) is 30.4 Å². The van der Waals surface area contributed by atoms with Crippen LogP contribution in [0.3, 0.4) is 0 Å². The van der Waals surface area contributed by atoms with Gasteiger partial charge in [0, 0.05) is 12.8 Å². The zero-order chi connectivity index (χ0) is 46.4. The lowest BCUT2D eigenvalue weighted by atomic mass is 9.85. The first-order valence-corrected chi connectivity index (χ1v) is 25.2. The van der Waals surface area contributed by atoms with E-state index in [0.29, 0.717) is 19.3 Å². The van der Waals surface area contributed by atoms with Crippen LogP contribution in [0.25, 0.3) is 0 Å². The van der Waals surface area contributed by atoms with Crippen molar-refractivity contribution < 1.29 is 63.1 Å². The van der Waals surface area contributed by atoms with E-state index < -0.39 is 75.7 Å². The number of carbonyl (C=O) groups excluding carboxylic acids is 2. The minimum atomic E-state index is -5.15. The fourth-order valence-electron chi connectivity index (χ4n) is 6.70. The predicted molar refractivity (Wildman–Crippen MR) is 249 cm³/mol. The Hall–Kier alpha value is -2.71. The van der Waals surface area contributed by atoms with E-state index in [4.69, 9.17) is 18.5 Å². The molecule has 1 aliphatic rings. The van der Waals surface area contributed by atoms with Gasteiger partial charge in [0.2, 0.25) is 0 Å². The largest absolute Gasteiger partial charge is 0.472 e. The lowest BCUT2D eigenvalue weighted by molar-refractivity contribution is -0.220. The van der Waals surface area contributed by atoms with Crippen LogP contribution in [0.15, 0.2) is 72.9 Å². The van der Waals surface area contributed by atoms with Gasteiger partial charge in [-0.2, -0.15) is 0 Å². The van der Waals surface area contributed by atoms with Gasteiger partial charge in [-0.15, -0.1) is 0 Å². The Morgan fingerprint density at radius 2 is 0.857 bits per heavy atom. The van der Waals surface area contributed by atoms with Gasteiger partial charge in [0.15, 0.2) is 6.10 Å². The molecule has 0 saturated heterocycles. The molecule has 0 aromatic carbocycles. The molecule has 0 aliphatic heterocycles. The third-order valence-corrected chi connectivity index (χ3v) is 11.5. The van der Waals surface area contributed by atoms with E-state index in [1.54, 1.807) is 0 Å². The summed E-state index contributed by atoms with van der Waals surface area (Å²) in [6.07, 6.45) is 35.5. The fraction of sp³-hybridized carbons (Fsp3) is 0.714. The SMILES string of the molecule is CCCCC/C=C/C/C=C/C/C=C/C/C=C/C/C=C/CCC(=O)OC[C@@H](COP(=O)(O)OC1C(O)C(O)C(O)[C@H](O)C1O)OC(=O)CC/C=C/CCCCCCCCCCCCC. The molecule has 6 unspecified atom stereocenters. The van der Waals surface area contributed by atoms with Gasteiger partial charge in [-0.25, -0.2) is 4.57 Å². The van der Waals surface area contributed by atoms with Crippen LogP contribution in [0, 0.1) is 0 Å². The topological polar surface area (TPSA) is 210 Å². The fourth-order valence-corrected chi connectivity index (χ4v) is 7.67. The van der Waals surface area contributed by atoms with E-state index in [9.17, 15) is 44.6 Å². The molecular formula is C49H83O13P. The van der Waals surface area contributed by atoms with Crippen molar-refractivity contribution >= 4 is 19.8 Å². The summed E-state index contributed by atoms with van der Waals surface area (Å²) in [5, 5.41) is 50.1. The molecule has 0 heterocycles. The number of aliphatic hydroxyl groups excluding tert-OH is 5. The molecule has 0 bridgehead atoms. The predicted octanol–water partition coefficient (Wildman–Crippen LogP) is 9.50. The molecule has 63 heavy (non-hydrogen) atoms. The smallest absolute Gasteiger partial charge is 0.462 e. The number of unbranched alkanes of at least 4 members (excludes halogenated alkanes) is 14. The third-order valence-electron chi connectivity index (χ3n) is 10.5. The van der Waals surface area contributed by atoms with Gasteiger partial charge in [0.25, 0.3) is 0 Å². The molecule has 0 amide bonds. The quantitative estimate of drug-likeness (QED) is 0.0148. The summed E-state index contributed by atoms with van der Waals surface area (Å²) in [6, 6.07) is 0. The number of allylic oxidation sites excluding steroid dienone is 12. The monoisotopic (exact) mass is 911 g/mol. The Bertz CT molecular complexity index is 1380. The van der Waals surface area contributed by atoms with Gasteiger partial charge >= 0.3 is 19.8 Å². The highest BCUT2D eigenvalue weighted by Crippen LogP contribution is 2.47. The second-order valence-corrected chi connectivity index (χ2v) is 17.7. The number of phosphoric ester groups is 1. The second-order valence-electron chi connectivity index (χ2n) is 16.3.